The molecule has 0 aliphatic carbocycles. The van der Waals surface area contributed by atoms with Gasteiger partial charge in [-0.3, -0.25) is 4.79 Å². The van der Waals surface area contributed by atoms with Crippen LogP contribution in [0.4, 0.5) is 5.69 Å². The molecule has 0 aliphatic rings. The normalized spacial score (nSPS) is 12.0. The number of aliphatic hydroxyl groups excluding tert-OH is 1. The van der Waals surface area contributed by atoms with Crippen molar-refractivity contribution in [2.45, 2.75) is 20.0 Å². The van der Waals surface area contributed by atoms with E-state index in [9.17, 15) is 9.90 Å². The fraction of sp³-hybridized carbons (Fsp3) is 0.350. The van der Waals surface area contributed by atoms with E-state index in [4.69, 9.17) is 4.74 Å². The number of rotatable bonds is 9. The molecule has 1 atom stereocenters. The molecule has 134 valence electrons. The van der Waals surface area contributed by atoms with Crippen LogP contribution in [0.5, 0.6) is 5.75 Å². The number of likely N-dealkylation sites (N-methyl/N-ethyl adjacent to an activating group) is 1. The van der Waals surface area contributed by atoms with Gasteiger partial charge in [0.2, 0.25) is 0 Å². The summed E-state index contributed by atoms with van der Waals surface area (Å²) in [6.45, 7) is 7.53. The number of nitrogens with one attached hydrogen (secondary N) is 1. The second-order valence-electron chi connectivity index (χ2n) is 5.67. The molecule has 0 aromatic heterocycles. The molecule has 0 heterocycles. The van der Waals surface area contributed by atoms with Crippen molar-refractivity contribution in [3.05, 3.63) is 60.2 Å². The van der Waals surface area contributed by atoms with Gasteiger partial charge in [0.15, 0.2) is 6.10 Å². The minimum Gasteiger partial charge on any atom is -0.490 e. The summed E-state index contributed by atoms with van der Waals surface area (Å²) in [7, 11) is 0. The molecule has 0 radical (unpaired) electrons. The number of amides is 1. The molecule has 0 saturated carbocycles. The number of anilines is 1. The Morgan fingerprint density at radius 2 is 1.72 bits per heavy atom. The highest BCUT2D eigenvalue weighted by molar-refractivity contribution is 5.95. The summed E-state index contributed by atoms with van der Waals surface area (Å²) in [4.78, 5) is 14.6. The van der Waals surface area contributed by atoms with E-state index in [2.05, 4.69) is 24.1 Å². The van der Waals surface area contributed by atoms with Gasteiger partial charge < -0.3 is 20.1 Å². The van der Waals surface area contributed by atoms with Crippen LogP contribution in [0.3, 0.4) is 0 Å². The van der Waals surface area contributed by atoms with Crippen LogP contribution >= 0.6 is 0 Å². The van der Waals surface area contributed by atoms with Crippen molar-refractivity contribution in [1.82, 2.24) is 4.90 Å². The average Bonchev–Trinajstić information content (AvgIpc) is 2.66. The lowest BCUT2D eigenvalue weighted by molar-refractivity contribution is -0.124. The second-order valence-corrected chi connectivity index (χ2v) is 5.67. The molecule has 5 nitrogen and oxygen atoms in total. The molecule has 2 rings (SSSR count). The molecule has 1 amide bonds. The molecule has 0 saturated heterocycles. The van der Waals surface area contributed by atoms with Crippen molar-refractivity contribution in [3.8, 4) is 5.75 Å². The lowest BCUT2D eigenvalue weighted by Gasteiger charge is -2.19. The van der Waals surface area contributed by atoms with E-state index in [0.717, 1.165) is 19.6 Å². The van der Waals surface area contributed by atoms with Crippen molar-refractivity contribution in [3.63, 3.8) is 0 Å². The minimum atomic E-state index is -1.22. The predicted octanol–water partition coefficient (Wildman–Crippen LogP) is 3.08. The van der Waals surface area contributed by atoms with Crippen LogP contribution in [-0.2, 0) is 4.79 Å². The smallest absolute Gasteiger partial charge is 0.257 e. The monoisotopic (exact) mass is 342 g/mol. The van der Waals surface area contributed by atoms with Crippen LogP contribution in [0.1, 0.15) is 25.5 Å². The molecule has 5 heteroatoms. The van der Waals surface area contributed by atoms with Gasteiger partial charge in [-0.25, -0.2) is 0 Å². The summed E-state index contributed by atoms with van der Waals surface area (Å²) in [5, 5.41) is 12.9. The van der Waals surface area contributed by atoms with Gasteiger partial charge in [0.05, 0.1) is 5.69 Å². The SMILES string of the molecule is CCN(CC)CCOc1ccccc1NC(=O)C(O)c1ccccc1. The van der Waals surface area contributed by atoms with Crippen LogP contribution in [0.2, 0.25) is 0 Å². The first-order valence-corrected chi connectivity index (χ1v) is 8.63. The maximum absolute atomic E-state index is 12.3. The van der Waals surface area contributed by atoms with Crippen molar-refractivity contribution in [2.75, 3.05) is 31.6 Å². The Bertz CT molecular complexity index is 657. The maximum atomic E-state index is 12.3. The van der Waals surface area contributed by atoms with Crippen molar-refractivity contribution in [2.24, 2.45) is 0 Å². The first-order valence-electron chi connectivity index (χ1n) is 8.63. The number of benzene rings is 2. The first-order chi connectivity index (χ1) is 12.2. The van der Waals surface area contributed by atoms with E-state index in [1.807, 2.05) is 24.3 Å². The number of para-hydroxylation sites is 2. The molecular formula is C20H26N2O3. The minimum absolute atomic E-state index is 0.481. The number of hydrogen-bond donors (Lipinski definition) is 2. The predicted molar refractivity (Wildman–Crippen MR) is 99.8 cm³/mol. The molecule has 2 aromatic carbocycles. The Balaban J connectivity index is 1.99. The molecule has 1 unspecified atom stereocenters. The van der Waals surface area contributed by atoms with Gasteiger partial charge in [0.1, 0.15) is 12.4 Å². The fourth-order valence-corrected chi connectivity index (χ4v) is 2.51. The molecule has 0 aliphatic heterocycles. The van der Waals surface area contributed by atoms with Crippen LogP contribution in [0.15, 0.2) is 54.6 Å². The number of nitrogens with zero attached hydrogens (tertiary/aromatic N) is 1. The summed E-state index contributed by atoms with van der Waals surface area (Å²) in [6, 6.07) is 16.1. The van der Waals surface area contributed by atoms with Crippen molar-refractivity contribution in [1.29, 1.82) is 0 Å². The van der Waals surface area contributed by atoms with E-state index in [0.29, 0.717) is 23.6 Å². The molecule has 2 aromatic rings. The highest BCUT2D eigenvalue weighted by Gasteiger charge is 2.18. The Hall–Kier alpha value is -2.37. The number of hydrogen-bond acceptors (Lipinski definition) is 4. The summed E-state index contributed by atoms with van der Waals surface area (Å²) in [5.41, 5.74) is 1.11. The highest BCUT2D eigenvalue weighted by atomic mass is 16.5. The van der Waals surface area contributed by atoms with Crippen molar-refractivity contribution >= 4 is 11.6 Å². The quantitative estimate of drug-likeness (QED) is 0.735. The van der Waals surface area contributed by atoms with E-state index in [-0.39, 0.29) is 0 Å². The molecule has 0 bridgehead atoms. The zero-order valence-electron chi connectivity index (χ0n) is 14.8. The number of carbonyl (C=O) groups excluding carboxylic acids is 1. The topological polar surface area (TPSA) is 61.8 Å². The van der Waals surface area contributed by atoms with Gasteiger partial charge in [-0.05, 0) is 30.8 Å². The lowest BCUT2D eigenvalue weighted by Crippen LogP contribution is -2.28. The van der Waals surface area contributed by atoms with Gasteiger partial charge in [-0.15, -0.1) is 0 Å². The standard InChI is InChI=1S/C20H26N2O3/c1-3-22(4-2)14-15-25-18-13-9-8-12-17(18)21-20(24)19(23)16-10-6-5-7-11-16/h5-13,19,23H,3-4,14-15H2,1-2H3,(H,21,24). The third-order valence-corrected chi connectivity index (χ3v) is 4.07. The number of aliphatic hydroxyl groups is 1. The Morgan fingerprint density at radius 1 is 1.08 bits per heavy atom. The van der Waals surface area contributed by atoms with Crippen LogP contribution in [-0.4, -0.2) is 42.2 Å². The van der Waals surface area contributed by atoms with Gasteiger partial charge in [-0.2, -0.15) is 0 Å². The van der Waals surface area contributed by atoms with E-state index in [1.54, 1.807) is 30.3 Å². The Labute approximate surface area is 149 Å². The molecule has 0 fully saturated rings. The van der Waals surface area contributed by atoms with E-state index >= 15 is 0 Å². The third kappa shape index (κ3) is 5.59. The summed E-state index contributed by atoms with van der Waals surface area (Å²) >= 11 is 0. The maximum Gasteiger partial charge on any atom is 0.257 e. The van der Waals surface area contributed by atoms with Gasteiger partial charge in [-0.1, -0.05) is 56.3 Å². The third-order valence-electron chi connectivity index (χ3n) is 4.07. The number of ether oxygens (including phenoxy) is 1. The van der Waals surface area contributed by atoms with E-state index in [1.165, 1.54) is 0 Å². The lowest BCUT2D eigenvalue weighted by atomic mass is 10.1. The highest BCUT2D eigenvalue weighted by Crippen LogP contribution is 2.25. The fourth-order valence-electron chi connectivity index (χ4n) is 2.51. The largest absolute Gasteiger partial charge is 0.490 e. The zero-order chi connectivity index (χ0) is 18.1. The van der Waals surface area contributed by atoms with E-state index < -0.39 is 12.0 Å². The summed E-state index contributed by atoms with van der Waals surface area (Å²) in [5.74, 6) is 0.120. The van der Waals surface area contributed by atoms with Crippen molar-refractivity contribution < 1.29 is 14.6 Å². The molecular weight excluding hydrogens is 316 g/mol. The molecule has 0 spiro atoms. The second kappa shape index (κ2) is 9.81. The van der Waals surface area contributed by atoms with Crippen LogP contribution in [0, 0.1) is 0 Å². The Kier molecular flexibility index (Phi) is 7.44. The summed E-state index contributed by atoms with van der Waals surface area (Å²) < 4.78 is 5.82. The molecule has 25 heavy (non-hydrogen) atoms. The first kappa shape index (κ1) is 19.0. The zero-order valence-corrected chi connectivity index (χ0v) is 14.8. The summed E-state index contributed by atoms with van der Waals surface area (Å²) in [6.07, 6.45) is -1.22. The van der Waals surface area contributed by atoms with Crippen LogP contribution in [0.25, 0.3) is 0 Å². The van der Waals surface area contributed by atoms with Crippen LogP contribution < -0.4 is 10.1 Å². The Morgan fingerprint density at radius 3 is 2.40 bits per heavy atom. The van der Waals surface area contributed by atoms with Gasteiger partial charge in [0.25, 0.3) is 5.91 Å². The molecule has 2 N–H and O–H groups in total. The van der Waals surface area contributed by atoms with Gasteiger partial charge >= 0.3 is 0 Å². The number of carbonyl (C=O) groups is 1. The van der Waals surface area contributed by atoms with Gasteiger partial charge in [0, 0.05) is 6.54 Å². The average molecular weight is 342 g/mol.